The van der Waals surface area contributed by atoms with Crippen molar-refractivity contribution in [2.75, 3.05) is 18.8 Å². The van der Waals surface area contributed by atoms with Crippen molar-refractivity contribution in [1.82, 2.24) is 30.2 Å². The first-order chi connectivity index (χ1) is 24.1. The summed E-state index contributed by atoms with van der Waals surface area (Å²) in [7, 11) is 0. The van der Waals surface area contributed by atoms with Gasteiger partial charge in [0.1, 0.15) is 6.04 Å². The zero-order valence-electron chi connectivity index (χ0n) is 27.8. The Kier molecular flexibility index (Phi) is 7.80. The van der Waals surface area contributed by atoms with E-state index in [1.807, 2.05) is 58.4 Å². The molecule has 1 atom stereocenters. The maximum atomic E-state index is 13.6. The standard InChI is InChI=1S/C37H40N8O5/c38-28-3-1-2-4-29(28)39-12-9-24-17-41-45(18-24)26-10-13-43(14-11-26)35(50)37-20-36(21-37,22-37)34(49)40-16-23-5-6-27-25(15-23)19-44(33(27)48)30-7-8-31(46)42-32(30)47/h1-6,12,15,17-18,26,30H,7-11,13-14,16,19-22,38H2,(H,40,49)(H,42,46,47). The predicted molar refractivity (Wildman–Crippen MR) is 183 cm³/mol. The number of hydrogen-bond acceptors (Lipinski definition) is 8. The van der Waals surface area contributed by atoms with E-state index in [9.17, 15) is 24.0 Å². The van der Waals surface area contributed by atoms with E-state index in [0.29, 0.717) is 63.0 Å². The van der Waals surface area contributed by atoms with Gasteiger partial charge in [0.2, 0.25) is 23.6 Å². The Balaban J connectivity index is 0.789. The molecule has 4 N–H and O–H groups in total. The molecule has 6 aliphatic rings. The van der Waals surface area contributed by atoms with E-state index in [2.05, 4.69) is 26.9 Å². The van der Waals surface area contributed by atoms with Crippen molar-refractivity contribution in [2.45, 2.75) is 76.5 Å². The zero-order chi connectivity index (χ0) is 34.6. The van der Waals surface area contributed by atoms with Crippen LogP contribution in [-0.2, 0) is 38.7 Å². The van der Waals surface area contributed by atoms with Crippen molar-refractivity contribution in [3.05, 3.63) is 77.1 Å². The molecule has 3 aliphatic carbocycles. The van der Waals surface area contributed by atoms with Crippen molar-refractivity contribution in [1.29, 1.82) is 0 Å². The Morgan fingerprint density at radius 1 is 1.02 bits per heavy atom. The normalized spacial score (nSPS) is 26.0. The fraction of sp³-hybridized carbons (Fsp3) is 0.432. The average Bonchev–Trinajstić information content (AvgIpc) is 3.67. The lowest BCUT2D eigenvalue weighted by Crippen LogP contribution is -2.72. The van der Waals surface area contributed by atoms with E-state index >= 15 is 0 Å². The molecule has 13 nitrogen and oxygen atoms in total. The number of likely N-dealkylation sites (tertiary alicyclic amines) is 1. The van der Waals surface area contributed by atoms with Crippen molar-refractivity contribution in [3.8, 4) is 0 Å². The molecule has 0 radical (unpaired) electrons. The van der Waals surface area contributed by atoms with Gasteiger partial charge in [0.25, 0.3) is 5.91 Å². The molecule has 13 heteroatoms. The number of nitrogens with zero attached hydrogens (tertiary/aromatic N) is 5. The lowest BCUT2D eigenvalue weighted by molar-refractivity contribution is -0.216. The van der Waals surface area contributed by atoms with Gasteiger partial charge in [-0.2, -0.15) is 5.10 Å². The first-order valence-corrected chi connectivity index (χ1v) is 17.4. The zero-order valence-corrected chi connectivity index (χ0v) is 27.8. The topological polar surface area (TPSA) is 172 Å². The summed E-state index contributed by atoms with van der Waals surface area (Å²) in [5.41, 5.74) is 9.75. The van der Waals surface area contributed by atoms with Gasteiger partial charge in [-0.25, -0.2) is 0 Å². The molecule has 3 saturated carbocycles. The minimum absolute atomic E-state index is 0.0283. The minimum atomic E-state index is -0.663. The van der Waals surface area contributed by atoms with E-state index in [1.54, 1.807) is 6.07 Å². The molecule has 2 saturated heterocycles. The maximum absolute atomic E-state index is 13.6. The number of carbonyl (C=O) groups excluding carboxylic acids is 5. The van der Waals surface area contributed by atoms with Crippen LogP contribution in [0.3, 0.4) is 0 Å². The molecular weight excluding hydrogens is 636 g/mol. The van der Waals surface area contributed by atoms with Gasteiger partial charge < -0.3 is 20.9 Å². The highest BCUT2D eigenvalue weighted by Gasteiger charge is 2.75. The van der Waals surface area contributed by atoms with Gasteiger partial charge in [-0.1, -0.05) is 24.3 Å². The van der Waals surface area contributed by atoms with E-state index in [-0.39, 0.29) is 42.6 Å². The number of nitrogens with two attached hydrogens (primary N) is 1. The molecular formula is C37H40N8O5. The van der Waals surface area contributed by atoms with Gasteiger partial charge in [0.15, 0.2) is 0 Å². The van der Waals surface area contributed by atoms with E-state index < -0.39 is 22.8 Å². The second kappa shape index (κ2) is 12.2. The highest BCUT2D eigenvalue weighted by molar-refractivity contribution is 6.05. The SMILES string of the molecule is Nc1ccccc1N=CCc1cnn(C2CCN(C(=O)C34CC(C(=O)NCc5ccc6c(c5)CN(C5CCC(=O)NC5=O)C6=O)(C3)C4)CC2)c1. The van der Waals surface area contributed by atoms with Crippen LogP contribution < -0.4 is 16.4 Å². The van der Waals surface area contributed by atoms with Crippen LogP contribution in [-0.4, -0.2) is 74.5 Å². The molecule has 2 aromatic carbocycles. The number of nitrogens with one attached hydrogen (secondary N) is 2. The van der Waals surface area contributed by atoms with E-state index in [0.717, 1.165) is 35.2 Å². The number of imide groups is 1. The van der Waals surface area contributed by atoms with Crippen molar-refractivity contribution >= 4 is 47.1 Å². The quantitative estimate of drug-likeness (QED) is 0.178. The Morgan fingerprint density at radius 3 is 2.56 bits per heavy atom. The van der Waals surface area contributed by atoms with Gasteiger partial charge >= 0.3 is 0 Å². The summed E-state index contributed by atoms with van der Waals surface area (Å²) in [6.07, 6.45) is 10.4. The molecule has 3 aliphatic heterocycles. The molecule has 4 heterocycles. The first-order valence-electron chi connectivity index (χ1n) is 17.4. The molecule has 5 amide bonds. The second-order valence-corrected chi connectivity index (χ2v) is 14.6. The van der Waals surface area contributed by atoms with Crippen LogP contribution in [0.25, 0.3) is 0 Å². The van der Waals surface area contributed by atoms with Gasteiger partial charge in [-0.3, -0.25) is 39.0 Å². The summed E-state index contributed by atoms with van der Waals surface area (Å²) in [6, 6.07) is 12.5. The smallest absolute Gasteiger partial charge is 0.255 e. The summed E-state index contributed by atoms with van der Waals surface area (Å²) in [5, 5.41) is 9.98. The molecule has 1 unspecified atom stereocenters. The van der Waals surface area contributed by atoms with Crippen molar-refractivity contribution < 1.29 is 24.0 Å². The monoisotopic (exact) mass is 676 g/mol. The summed E-state index contributed by atoms with van der Waals surface area (Å²) in [4.78, 5) is 71.7. The van der Waals surface area contributed by atoms with Crippen LogP contribution in [0.1, 0.15) is 78.0 Å². The highest BCUT2D eigenvalue weighted by Crippen LogP contribution is 2.74. The Morgan fingerprint density at radius 2 is 1.80 bits per heavy atom. The van der Waals surface area contributed by atoms with E-state index in [4.69, 9.17) is 5.73 Å². The second-order valence-electron chi connectivity index (χ2n) is 14.6. The van der Waals surface area contributed by atoms with Crippen LogP contribution in [0.4, 0.5) is 11.4 Å². The largest absolute Gasteiger partial charge is 0.397 e. The molecule has 9 rings (SSSR count). The lowest BCUT2D eigenvalue weighted by Gasteiger charge is -2.68. The number of para-hydroxylation sites is 2. The summed E-state index contributed by atoms with van der Waals surface area (Å²) in [5.74, 6) is -0.833. The molecule has 50 heavy (non-hydrogen) atoms. The molecule has 2 bridgehead atoms. The summed E-state index contributed by atoms with van der Waals surface area (Å²) in [6.45, 7) is 1.96. The van der Waals surface area contributed by atoms with Crippen LogP contribution in [0, 0.1) is 10.8 Å². The third kappa shape index (κ3) is 5.54. The van der Waals surface area contributed by atoms with Crippen molar-refractivity contribution in [2.24, 2.45) is 15.8 Å². The number of carbonyl (C=O) groups is 5. The van der Waals surface area contributed by atoms with Gasteiger partial charge in [-0.05, 0) is 73.4 Å². The van der Waals surface area contributed by atoms with Gasteiger partial charge in [-0.15, -0.1) is 0 Å². The first kappa shape index (κ1) is 31.9. The number of anilines is 1. The van der Waals surface area contributed by atoms with Crippen LogP contribution in [0.5, 0.6) is 0 Å². The fourth-order valence-electron chi connectivity index (χ4n) is 8.57. The third-order valence-electron chi connectivity index (χ3n) is 11.3. The Labute approximate surface area is 289 Å². The highest BCUT2D eigenvalue weighted by atomic mass is 16.2. The molecule has 3 aromatic rings. The predicted octanol–water partition coefficient (Wildman–Crippen LogP) is 2.82. The number of fused-ring (bicyclic) bond motifs is 1. The summed E-state index contributed by atoms with van der Waals surface area (Å²) < 4.78 is 2.01. The number of aliphatic imine (C=N–C) groups is 1. The molecule has 1 aromatic heterocycles. The number of amides is 5. The number of nitrogen functional groups attached to an aromatic ring is 1. The number of hydrogen-bond donors (Lipinski definition) is 3. The number of piperidine rings is 2. The van der Waals surface area contributed by atoms with Crippen LogP contribution in [0.2, 0.25) is 0 Å². The lowest BCUT2D eigenvalue weighted by atomic mass is 9.34. The average molecular weight is 677 g/mol. The molecule has 258 valence electrons. The van der Waals surface area contributed by atoms with E-state index in [1.165, 1.54) is 4.90 Å². The van der Waals surface area contributed by atoms with Crippen LogP contribution >= 0.6 is 0 Å². The third-order valence-corrected chi connectivity index (χ3v) is 11.3. The minimum Gasteiger partial charge on any atom is -0.397 e. The molecule has 5 fully saturated rings. The van der Waals surface area contributed by atoms with Crippen molar-refractivity contribution in [3.63, 3.8) is 0 Å². The van der Waals surface area contributed by atoms with Gasteiger partial charge in [0, 0.05) is 57.0 Å². The summed E-state index contributed by atoms with van der Waals surface area (Å²) >= 11 is 0. The number of benzene rings is 2. The Bertz CT molecular complexity index is 1920. The maximum Gasteiger partial charge on any atom is 0.255 e. The Hall–Kier alpha value is -5.33. The van der Waals surface area contributed by atoms with Crippen LogP contribution in [0.15, 0.2) is 59.9 Å². The van der Waals surface area contributed by atoms with Gasteiger partial charge in [0.05, 0.1) is 34.4 Å². The molecule has 0 spiro atoms. The number of rotatable bonds is 9. The fourth-order valence-corrected chi connectivity index (χ4v) is 8.57. The number of aromatic nitrogens is 2.